The van der Waals surface area contributed by atoms with Crippen molar-refractivity contribution in [2.75, 3.05) is 10.9 Å². The minimum atomic E-state index is -4.33. The number of halogens is 1. The summed E-state index contributed by atoms with van der Waals surface area (Å²) in [6.07, 6.45) is 0. The van der Waals surface area contributed by atoms with E-state index in [9.17, 15) is 17.6 Å². The van der Waals surface area contributed by atoms with Crippen LogP contribution in [0.2, 0.25) is 0 Å². The van der Waals surface area contributed by atoms with E-state index in [1.54, 1.807) is 31.2 Å². The number of fused-ring (bicyclic) bond motifs is 1. The summed E-state index contributed by atoms with van der Waals surface area (Å²) in [7, 11) is -4.33. The van der Waals surface area contributed by atoms with Crippen molar-refractivity contribution in [2.24, 2.45) is 0 Å². The summed E-state index contributed by atoms with van der Waals surface area (Å²) in [6, 6.07) is 10.4. The third kappa shape index (κ3) is 2.97. The van der Waals surface area contributed by atoms with Gasteiger partial charge in [-0.3, -0.25) is 4.79 Å². The smallest absolute Gasteiger partial charge is 0.276 e. The standard InChI is InChI=1S/C21H19FN2O5S/c1-4-28-18-8-6-5-7-15(18)19-16-11-14(22)9-10-17(16)24(21(19)25)30(26,27)20-12(2)23-29-13(20)3/h5-11,19H,4H2,1-3H3. The number of carbonyl (C=O) groups is 1. The van der Waals surface area contributed by atoms with Crippen LogP contribution >= 0.6 is 0 Å². The maximum absolute atomic E-state index is 14.1. The summed E-state index contributed by atoms with van der Waals surface area (Å²) in [5.41, 5.74) is 0.954. The Morgan fingerprint density at radius 2 is 1.90 bits per heavy atom. The van der Waals surface area contributed by atoms with Crippen LogP contribution in [-0.2, 0) is 14.8 Å². The first-order valence-electron chi connectivity index (χ1n) is 9.30. The summed E-state index contributed by atoms with van der Waals surface area (Å²) in [5.74, 6) is -1.82. The van der Waals surface area contributed by atoms with Crippen LogP contribution in [0.1, 0.15) is 35.4 Å². The molecule has 0 radical (unpaired) electrons. The van der Waals surface area contributed by atoms with Crippen molar-refractivity contribution in [1.29, 1.82) is 0 Å². The Morgan fingerprint density at radius 3 is 2.57 bits per heavy atom. The Morgan fingerprint density at radius 1 is 1.17 bits per heavy atom. The van der Waals surface area contributed by atoms with E-state index in [1.807, 2.05) is 0 Å². The van der Waals surface area contributed by atoms with E-state index >= 15 is 0 Å². The van der Waals surface area contributed by atoms with Gasteiger partial charge in [0.1, 0.15) is 17.3 Å². The zero-order chi connectivity index (χ0) is 21.6. The van der Waals surface area contributed by atoms with Crippen molar-refractivity contribution >= 4 is 21.6 Å². The largest absolute Gasteiger partial charge is 0.494 e. The second-order valence-electron chi connectivity index (χ2n) is 6.87. The summed E-state index contributed by atoms with van der Waals surface area (Å²) in [4.78, 5) is 13.3. The van der Waals surface area contributed by atoms with Gasteiger partial charge in [0.2, 0.25) is 0 Å². The highest BCUT2D eigenvalue weighted by atomic mass is 32.2. The van der Waals surface area contributed by atoms with E-state index in [0.29, 0.717) is 22.2 Å². The Hall–Kier alpha value is -3.20. The fraction of sp³-hybridized carbons (Fsp3) is 0.238. The molecule has 4 rings (SSSR count). The number of carbonyl (C=O) groups excluding carboxylic acids is 1. The number of anilines is 1. The second-order valence-corrected chi connectivity index (χ2v) is 8.59. The molecule has 3 aromatic rings. The summed E-state index contributed by atoms with van der Waals surface area (Å²) < 4.78 is 52.4. The highest BCUT2D eigenvalue weighted by Gasteiger charge is 2.47. The van der Waals surface area contributed by atoms with Crippen molar-refractivity contribution in [3.8, 4) is 5.75 Å². The Kier molecular flexibility index (Phi) is 4.85. The van der Waals surface area contributed by atoms with Crippen molar-refractivity contribution < 1.29 is 26.9 Å². The number of nitrogens with zero attached hydrogens (tertiary/aromatic N) is 2. The highest BCUT2D eigenvalue weighted by Crippen LogP contribution is 2.46. The fourth-order valence-corrected chi connectivity index (χ4v) is 5.56. The summed E-state index contributed by atoms with van der Waals surface area (Å²) >= 11 is 0. The molecule has 1 aromatic heterocycles. The maximum atomic E-state index is 14.1. The molecule has 0 aliphatic carbocycles. The Labute approximate surface area is 173 Å². The number of hydrogen-bond acceptors (Lipinski definition) is 6. The second kappa shape index (κ2) is 7.24. The van der Waals surface area contributed by atoms with Gasteiger partial charge in [0.05, 0.1) is 18.2 Å². The molecule has 0 N–H and O–H groups in total. The SMILES string of the molecule is CCOc1ccccc1C1C(=O)N(S(=O)(=O)c2c(C)noc2C)c2ccc(F)cc21. The number of aromatic nitrogens is 1. The number of aryl methyl sites for hydroxylation is 2. The van der Waals surface area contributed by atoms with Gasteiger partial charge in [0.15, 0.2) is 10.7 Å². The molecule has 7 nitrogen and oxygen atoms in total. The van der Waals surface area contributed by atoms with Crippen LogP contribution in [0.3, 0.4) is 0 Å². The van der Waals surface area contributed by atoms with Gasteiger partial charge in [-0.05, 0) is 50.6 Å². The molecule has 1 amide bonds. The van der Waals surface area contributed by atoms with Crippen LogP contribution in [0.25, 0.3) is 0 Å². The topological polar surface area (TPSA) is 89.7 Å². The van der Waals surface area contributed by atoms with E-state index in [-0.39, 0.29) is 27.6 Å². The molecule has 1 atom stereocenters. The molecule has 156 valence electrons. The number of benzene rings is 2. The van der Waals surface area contributed by atoms with Gasteiger partial charge in [0.25, 0.3) is 15.9 Å². The molecule has 1 unspecified atom stereocenters. The quantitative estimate of drug-likeness (QED) is 0.613. The molecule has 0 spiro atoms. The van der Waals surface area contributed by atoms with Crippen LogP contribution in [0.15, 0.2) is 51.9 Å². The lowest BCUT2D eigenvalue weighted by Gasteiger charge is -2.19. The number of amides is 1. The summed E-state index contributed by atoms with van der Waals surface area (Å²) in [6.45, 7) is 5.10. The Balaban J connectivity index is 1.94. The predicted molar refractivity (Wildman–Crippen MR) is 107 cm³/mol. The fourth-order valence-electron chi connectivity index (χ4n) is 3.80. The Bertz CT molecular complexity index is 1230. The van der Waals surface area contributed by atoms with Crippen LogP contribution in [-0.4, -0.2) is 26.1 Å². The molecule has 0 fully saturated rings. The van der Waals surface area contributed by atoms with Crippen molar-refractivity contribution in [1.82, 2.24) is 5.16 Å². The third-order valence-electron chi connectivity index (χ3n) is 4.96. The average molecular weight is 430 g/mol. The van der Waals surface area contributed by atoms with Crippen molar-refractivity contribution in [2.45, 2.75) is 31.6 Å². The molecule has 1 aliphatic heterocycles. The molecule has 30 heavy (non-hydrogen) atoms. The zero-order valence-electron chi connectivity index (χ0n) is 16.5. The first-order valence-corrected chi connectivity index (χ1v) is 10.7. The van der Waals surface area contributed by atoms with E-state index in [0.717, 1.165) is 6.07 Å². The van der Waals surface area contributed by atoms with Gasteiger partial charge in [-0.15, -0.1) is 0 Å². The predicted octanol–water partition coefficient (Wildman–Crippen LogP) is 3.70. The molecule has 2 aromatic carbocycles. The zero-order valence-corrected chi connectivity index (χ0v) is 17.4. The minimum absolute atomic E-state index is 0.0714. The number of rotatable bonds is 5. The van der Waals surface area contributed by atoms with Crippen LogP contribution in [0.5, 0.6) is 5.75 Å². The first kappa shape index (κ1) is 20.1. The maximum Gasteiger partial charge on any atom is 0.276 e. The van der Waals surface area contributed by atoms with E-state index in [1.165, 1.54) is 26.0 Å². The van der Waals surface area contributed by atoms with E-state index < -0.39 is 27.7 Å². The normalized spacial score (nSPS) is 16.1. The third-order valence-corrected chi connectivity index (χ3v) is 6.92. The molecule has 0 saturated heterocycles. The first-order chi connectivity index (χ1) is 14.3. The monoisotopic (exact) mass is 430 g/mol. The van der Waals surface area contributed by atoms with Gasteiger partial charge < -0.3 is 9.26 Å². The van der Waals surface area contributed by atoms with Crippen LogP contribution in [0, 0.1) is 19.7 Å². The number of sulfonamides is 1. The molecule has 1 aliphatic rings. The van der Waals surface area contributed by atoms with E-state index in [4.69, 9.17) is 9.26 Å². The van der Waals surface area contributed by atoms with Crippen LogP contribution in [0.4, 0.5) is 10.1 Å². The van der Waals surface area contributed by atoms with Gasteiger partial charge in [-0.25, -0.2) is 17.1 Å². The van der Waals surface area contributed by atoms with Gasteiger partial charge >= 0.3 is 0 Å². The van der Waals surface area contributed by atoms with Gasteiger partial charge in [0, 0.05) is 5.56 Å². The molecule has 9 heteroatoms. The minimum Gasteiger partial charge on any atom is -0.494 e. The molecule has 2 heterocycles. The number of hydrogen-bond donors (Lipinski definition) is 0. The molecular formula is C21H19FN2O5S. The molecule has 0 saturated carbocycles. The lowest BCUT2D eigenvalue weighted by molar-refractivity contribution is -0.117. The van der Waals surface area contributed by atoms with Gasteiger partial charge in [-0.2, -0.15) is 0 Å². The number of ether oxygens (including phenoxy) is 1. The van der Waals surface area contributed by atoms with Crippen molar-refractivity contribution in [3.05, 3.63) is 70.9 Å². The van der Waals surface area contributed by atoms with Gasteiger partial charge in [-0.1, -0.05) is 23.4 Å². The van der Waals surface area contributed by atoms with E-state index in [2.05, 4.69) is 5.16 Å². The van der Waals surface area contributed by atoms with Crippen molar-refractivity contribution in [3.63, 3.8) is 0 Å². The highest BCUT2D eigenvalue weighted by molar-refractivity contribution is 7.93. The number of para-hydroxylation sites is 1. The lowest BCUT2D eigenvalue weighted by Crippen LogP contribution is -2.36. The summed E-state index contributed by atoms with van der Waals surface area (Å²) in [5, 5.41) is 3.69. The average Bonchev–Trinajstić information content (AvgIpc) is 3.18. The molecular weight excluding hydrogens is 411 g/mol. The molecule has 0 bridgehead atoms. The lowest BCUT2D eigenvalue weighted by atomic mass is 9.92. The van der Waals surface area contributed by atoms with Crippen LogP contribution < -0.4 is 9.04 Å².